The van der Waals surface area contributed by atoms with E-state index in [1.54, 1.807) is 6.20 Å². The van der Waals surface area contributed by atoms with Crippen molar-refractivity contribution in [3.63, 3.8) is 0 Å². The second kappa shape index (κ2) is 12.8. The van der Waals surface area contributed by atoms with Gasteiger partial charge in [0.1, 0.15) is 18.5 Å². The molecule has 1 heterocycles. The predicted molar refractivity (Wildman–Crippen MR) is 186 cm³/mol. The van der Waals surface area contributed by atoms with Gasteiger partial charge in [-0.2, -0.15) is 4.79 Å². The van der Waals surface area contributed by atoms with Gasteiger partial charge in [0.15, 0.2) is 5.54 Å². The van der Waals surface area contributed by atoms with E-state index >= 15 is 0 Å². The molecule has 2 aliphatic rings. The minimum atomic E-state index is -1.20. The lowest BCUT2D eigenvalue weighted by atomic mass is 9.74. The van der Waals surface area contributed by atoms with Gasteiger partial charge in [-0.3, -0.25) is 0 Å². The smallest absolute Gasteiger partial charge is 0.449 e. The van der Waals surface area contributed by atoms with Crippen LogP contribution in [0.2, 0.25) is 0 Å². The van der Waals surface area contributed by atoms with Crippen molar-refractivity contribution in [2.24, 2.45) is 4.99 Å². The lowest BCUT2D eigenvalue weighted by Gasteiger charge is -2.44. The maximum Gasteiger partial charge on any atom is 0.525 e. The van der Waals surface area contributed by atoms with Gasteiger partial charge in [0.2, 0.25) is 6.34 Å². The third-order valence-corrected chi connectivity index (χ3v) is 9.43. The quantitative estimate of drug-likeness (QED) is 0.125. The van der Waals surface area contributed by atoms with Crippen molar-refractivity contribution in [1.82, 2.24) is 5.32 Å². The van der Waals surface area contributed by atoms with Gasteiger partial charge in [0, 0.05) is 35.1 Å². The number of fused-ring (bicyclic) bond motifs is 3. The summed E-state index contributed by atoms with van der Waals surface area (Å²) in [4.78, 5) is 31.4. The Bertz CT molecular complexity index is 1870. The van der Waals surface area contributed by atoms with Gasteiger partial charge < -0.3 is 15.2 Å². The Labute approximate surface area is 280 Å². The highest BCUT2D eigenvalue weighted by Crippen LogP contribution is 2.49. The van der Waals surface area contributed by atoms with Crippen LogP contribution in [0.4, 0.5) is 9.59 Å². The maximum absolute atomic E-state index is 13.6. The molecule has 0 bridgehead atoms. The number of alkyl carbamates (subject to hydrolysis) is 1. The average Bonchev–Trinajstić information content (AvgIpc) is 3.69. The zero-order valence-electron chi connectivity index (χ0n) is 26.6. The van der Waals surface area contributed by atoms with Crippen molar-refractivity contribution in [3.8, 4) is 11.1 Å². The first-order valence-corrected chi connectivity index (χ1v) is 16.1. The zero-order chi connectivity index (χ0) is 33.1. The molecule has 2 amide bonds. The van der Waals surface area contributed by atoms with Crippen LogP contribution in [0.25, 0.3) is 11.1 Å². The predicted octanol–water partition coefficient (Wildman–Crippen LogP) is 8.67. The van der Waals surface area contributed by atoms with Gasteiger partial charge in [-0.25, -0.2) is 9.79 Å². The van der Waals surface area contributed by atoms with Crippen LogP contribution in [-0.4, -0.2) is 40.8 Å². The fourth-order valence-corrected chi connectivity index (χ4v) is 7.39. The molecule has 0 radical (unpaired) electrons. The lowest BCUT2D eigenvalue weighted by Crippen LogP contribution is -2.61. The highest BCUT2D eigenvalue weighted by molar-refractivity contribution is 5.79. The van der Waals surface area contributed by atoms with Crippen LogP contribution in [0.15, 0.2) is 156 Å². The molecule has 238 valence electrons. The topological polar surface area (TPSA) is 88.0 Å². The molecule has 7 heteroatoms. The molecule has 0 saturated heterocycles. The van der Waals surface area contributed by atoms with E-state index in [1.165, 1.54) is 17.5 Å². The van der Waals surface area contributed by atoms with Crippen LogP contribution in [0, 0.1) is 0 Å². The minimum Gasteiger partial charge on any atom is -0.449 e. The van der Waals surface area contributed by atoms with Crippen molar-refractivity contribution in [2.45, 2.75) is 30.8 Å². The summed E-state index contributed by atoms with van der Waals surface area (Å²) in [5, 5.41) is 14.1. The number of ether oxygens (including phenoxy) is 1. The molecule has 48 heavy (non-hydrogen) atoms. The van der Waals surface area contributed by atoms with E-state index in [2.05, 4.69) is 29.6 Å². The number of hydrogen-bond donors (Lipinski definition) is 2. The Morgan fingerprint density at radius 3 is 1.69 bits per heavy atom. The van der Waals surface area contributed by atoms with Gasteiger partial charge in [-0.15, -0.1) is 4.48 Å². The number of nitrogens with one attached hydrogen (secondary N) is 1. The van der Waals surface area contributed by atoms with Gasteiger partial charge in [-0.05, 0) is 29.2 Å². The summed E-state index contributed by atoms with van der Waals surface area (Å²) >= 11 is 0. The molecule has 2 atom stereocenters. The molecule has 1 aliphatic heterocycles. The number of aliphatic imine (C=N–C) groups is 1. The van der Waals surface area contributed by atoms with E-state index in [4.69, 9.17) is 9.73 Å². The van der Waals surface area contributed by atoms with Crippen LogP contribution in [-0.2, 0) is 10.3 Å². The first-order chi connectivity index (χ1) is 23.4. The van der Waals surface area contributed by atoms with Gasteiger partial charge in [0.25, 0.3) is 0 Å². The number of hydrogen-bond acceptors (Lipinski definition) is 4. The van der Waals surface area contributed by atoms with Gasteiger partial charge in [-0.1, -0.05) is 140 Å². The normalized spacial score (nSPS) is 17.2. The Morgan fingerprint density at radius 1 is 0.750 bits per heavy atom. The van der Waals surface area contributed by atoms with E-state index in [1.807, 2.05) is 122 Å². The maximum atomic E-state index is 13.6. The van der Waals surface area contributed by atoms with Crippen molar-refractivity contribution in [3.05, 3.63) is 179 Å². The summed E-state index contributed by atoms with van der Waals surface area (Å²) in [6.45, 7) is 2.07. The van der Waals surface area contributed by atoms with Crippen molar-refractivity contribution >= 4 is 18.5 Å². The van der Waals surface area contributed by atoms with Crippen molar-refractivity contribution in [2.75, 3.05) is 6.61 Å². The molecule has 5 aromatic carbocycles. The number of quaternary nitrogens is 1. The number of carboxylic acid groups (broad SMARTS) is 1. The summed E-state index contributed by atoms with van der Waals surface area (Å²) in [7, 11) is 0. The zero-order valence-corrected chi connectivity index (χ0v) is 26.6. The van der Waals surface area contributed by atoms with E-state index in [0.717, 1.165) is 27.8 Å². The van der Waals surface area contributed by atoms with Crippen LogP contribution in [0.5, 0.6) is 0 Å². The third kappa shape index (κ3) is 5.18. The highest BCUT2D eigenvalue weighted by atomic mass is 16.5. The van der Waals surface area contributed by atoms with Crippen LogP contribution >= 0.6 is 0 Å². The number of rotatable bonds is 9. The summed E-state index contributed by atoms with van der Waals surface area (Å²) in [5.41, 5.74) is 6.38. The highest BCUT2D eigenvalue weighted by Gasteiger charge is 2.61. The number of benzene rings is 5. The summed E-state index contributed by atoms with van der Waals surface area (Å²) < 4.78 is 5.16. The van der Waals surface area contributed by atoms with Crippen molar-refractivity contribution in [1.29, 1.82) is 0 Å². The number of carbonyl (C=O) groups excluding carboxylic acids is 1. The molecule has 0 aromatic heterocycles. The second-order valence-electron chi connectivity index (χ2n) is 12.3. The Kier molecular flexibility index (Phi) is 8.21. The fourth-order valence-electron chi connectivity index (χ4n) is 7.39. The van der Waals surface area contributed by atoms with E-state index < -0.39 is 22.2 Å². The molecule has 1 unspecified atom stereocenters. The van der Waals surface area contributed by atoms with Crippen LogP contribution in [0.1, 0.15) is 47.1 Å². The Hall–Kier alpha value is -5.79. The first-order valence-electron chi connectivity index (χ1n) is 16.1. The molecule has 0 spiro atoms. The molecule has 7 rings (SSSR count). The second-order valence-corrected chi connectivity index (χ2v) is 12.3. The fraction of sp³-hybridized carbons (Fsp3) is 0.146. The molecular weight excluding hydrogens is 598 g/mol. The molecule has 1 aliphatic carbocycles. The number of amides is 2. The molecule has 7 nitrogen and oxygen atoms in total. The monoisotopic (exact) mass is 634 g/mol. The van der Waals surface area contributed by atoms with E-state index in [9.17, 15) is 14.7 Å². The molecule has 5 aromatic rings. The summed E-state index contributed by atoms with van der Waals surface area (Å²) in [5.74, 6) is -0.0452. The molecular formula is C41H36N3O4+. The lowest BCUT2D eigenvalue weighted by molar-refractivity contribution is -0.757. The van der Waals surface area contributed by atoms with Crippen LogP contribution in [0.3, 0.4) is 0 Å². The van der Waals surface area contributed by atoms with E-state index in [-0.39, 0.29) is 18.6 Å². The SMILES string of the molecule is C[C@H](CC1=C[N+](C(=O)O)(C(c2ccccc2)(c2ccccc2)c2ccccc2)C=N1)NC(=O)OCC1c2ccccc2-c2ccccc21. The van der Waals surface area contributed by atoms with Gasteiger partial charge in [0.05, 0.1) is 0 Å². The van der Waals surface area contributed by atoms with Gasteiger partial charge >= 0.3 is 12.2 Å². The first kappa shape index (κ1) is 30.8. The standard InChI is InChI=1S/C41H35N3O4/c1-29(43-39(45)48-27-38-36-23-13-11-21-34(36)35-22-12-14-24-37(35)38)25-33-26-44(28-42-33,40(46)47)41(30-15-5-2-6-16-30,31-17-7-3-8-18-31)32-19-9-4-10-20-32/h2-24,26,28-29,38H,25,27H2,1H3,(H-,43,45,46,47)/p+1/t29-,44?/m1/s1. The van der Waals surface area contributed by atoms with Crippen molar-refractivity contribution < 1.29 is 23.9 Å². The molecule has 0 fully saturated rings. The number of nitrogens with zero attached hydrogens (tertiary/aromatic N) is 2. The third-order valence-electron chi connectivity index (χ3n) is 9.43. The average molecular weight is 635 g/mol. The molecule has 0 saturated carbocycles. The summed E-state index contributed by atoms with van der Waals surface area (Å²) in [6.07, 6.45) is 1.90. The Morgan fingerprint density at radius 2 is 1.21 bits per heavy atom. The number of carbonyl (C=O) groups is 2. The largest absolute Gasteiger partial charge is 0.525 e. The van der Waals surface area contributed by atoms with E-state index in [0.29, 0.717) is 12.1 Å². The molecule has 2 N–H and O–H groups in total. The minimum absolute atomic E-state index is 0.0452. The Balaban J connectivity index is 1.15. The summed E-state index contributed by atoms with van der Waals surface area (Å²) in [6, 6.07) is 45.1. The van der Waals surface area contributed by atoms with Crippen LogP contribution < -0.4 is 5.32 Å².